The first-order chi connectivity index (χ1) is 18.9. The topological polar surface area (TPSA) is 90.8 Å². The minimum Gasteiger partial charge on any atom is -0.472 e. The number of rotatable bonds is 10. The molecule has 0 N–H and O–H groups in total. The molecule has 8 nitrogen and oxygen atoms in total. The van der Waals surface area contributed by atoms with Crippen LogP contribution in [0.1, 0.15) is 35.7 Å². The molecule has 4 aromatic rings. The van der Waals surface area contributed by atoms with Crippen LogP contribution in [-0.2, 0) is 24.3 Å². The summed E-state index contributed by atoms with van der Waals surface area (Å²) < 4.78 is 55.0. The summed E-state index contributed by atoms with van der Waals surface area (Å²) >= 11 is 6.20. The number of benzene rings is 1. The van der Waals surface area contributed by atoms with Gasteiger partial charge >= 0.3 is 6.18 Å². The normalized spacial score (nSPS) is 14.1. The summed E-state index contributed by atoms with van der Waals surface area (Å²) in [6, 6.07) is 10.2. The van der Waals surface area contributed by atoms with Crippen molar-refractivity contribution in [1.82, 2.24) is 24.1 Å². The Morgan fingerprint density at radius 3 is 2.45 bits per heavy atom. The van der Waals surface area contributed by atoms with Crippen molar-refractivity contribution in [1.29, 1.82) is 5.26 Å². The van der Waals surface area contributed by atoms with Gasteiger partial charge in [-0.05, 0) is 36.1 Å². The lowest BCUT2D eigenvalue weighted by Crippen LogP contribution is -2.22. The van der Waals surface area contributed by atoms with Crippen LogP contribution in [0.4, 0.5) is 13.2 Å². The zero-order valence-corrected chi connectivity index (χ0v) is 24.1. The molecule has 1 aromatic carbocycles. The number of aromatic nitrogens is 5. The third-order valence-electron chi connectivity index (χ3n) is 6.55. The molecule has 0 spiro atoms. The van der Waals surface area contributed by atoms with Gasteiger partial charge in [-0.25, -0.2) is 4.98 Å². The summed E-state index contributed by atoms with van der Waals surface area (Å²) in [7, 11) is -1.25. The van der Waals surface area contributed by atoms with Gasteiger partial charge in [0.25, 0.3) is 0 Å². The summed E-state index contributed by atoms with van der Waals surface area (Å²) in [4.78, 5) is 12.4. The van der Waals surface area contributed by atoms with E-state index in [0.29, 0.717) is 34.6 Å². The van der Waals surface area contributed by atoms with Gasteiger partial charge in [-0.3, -0.25) is 0 Å². The van der Waals surface area contributed by atoms with Gasteiger partial charge in [0.15, 0.2) is 11.3 Å². The Labute approximate surface area is 235 Å². The number of halogens is 4. The SMILES string of the molecule is C[Si](C)(C)CCOCn1cc(C#N)c2c(OCc3ccc(-c4nc(C(F)(F)F)cn4C4CC4)cc3)nc(Cl)nc21. The molecule has 0 aliphatic heterocycles. The number of imidazole rings is 1. The van der Waals surface area contributed by atoms with E-state index in [-0.39, 0.29) is 30.5 Å². The molecule has 40 heavy (non-hydrogen) atoms. The second-order valence-corrected chi connectivity index (χ2v) is 17.0. The van der Waals surface area contributed by atoms with Gasteiger partial charge in [-0.1, -0.05) is 43.9 Å². The fourth-order valence-electron chi connectivity index (χ4n) is 4.23. The molecule has 5 rings (SSSR count). The summed E-state index contributed by atoms with van der Waals surface area (Å²) in [5.41, 5.74) is 1.20. The Hall–Kier alpha value is -3.40. The molecule has 0 bridgehead atoms. The van der Waals surface area contributed by atoms with Crippen molar-refractivity contribution in [3.05, 3.63) is 58.8 Å². The average Bonchev–Trinajstić information content (AvgIpc) is 3.52. The first-order valence-corrected chi connectivity index (χ1v) is 16.9. The standard InChI is InChI=1S/C27H28ClF3N6O2Si/c1-40(2,3)11-10-38-16-36-13-19(12-32)22-24(36)34-26(28)35-25(22)39-15-17-4-6-18(7-5-17)23-33-21(27(29,30)31)14-37(23)20-8-9-20/h4-7,13-14,20H,8-11,15-16H2,1-3H3. The number of alkyl halides is 3. The van der Waals surface area contributed by atoms with E-state index in [9.17, 15) is 18.4 Å². The summed E-state index contributed by atoms with van der Waals surface area (Å²) in [6.07, 6.45) is -0.110. The van der Waals surface area contributed by atoms with E-state index in [2.05, 4.69) is 40.7 Å². The smallest absolute Gasteiger partial charge is 0.434 e. The Morgan fingerprint density at radius 2 is 1.82 bits per heavy atom. The predicted molar refractivity (Wildman–Crippen MR) is 147 cm³/mol. The van der Waals surface area contributed by atoms with Crippen molar-refractivity contribution in [3.8, 4) is 23.3 Å². The zero-order chi connectivity index (χ0) is 28.7. The van der Waals surface area contributed by atoms with E-state index < -0.39 is 19.9 Å². The van der Waals surface area contributed by atoms with Crippen LogP contribution in [0.2, 0.25) is 31.0 Å². The van der Waals surface area contributed by atoms with Crippen molar-refractivity contribution < 1.29 is 22.6 Å². The van der Waals surface area contributed by atoms with Crippen molar-refractivity contribution >= 4 is 30.7 Å². The molecule has 0 radical (unpaired) electrons. The van der Waals surface area contributed by atoms with Crippen LogP contribution in [0.5, 0.6) is 5.88 Å². The van der Waals surface area contributed by atoms with E-state index in [1.165, 1.54) is 0 Å². The highest BCUT2D eigenvalue weighted by molar-refractivity contribution is 6.76. The molecule has 3 aromatic heterocycles. The first-order valence-electron chi connectivity index (χ1n) is 12.9. The molecule has 0 unspecified atom stereocenters. The third kappa shape index (κ3) is 6.32. The number of hydrogen-bond donors (Lipinski definition) is 0. The van der Waals surface area contributed by atoms with E-state index in [1.54, 1.807) is 39.6 Å². The summed E-state index contributed by atoms with van der Waals surface area (Å²) in [6.45, 7) is 7.72. The minimum absolute atomic E-state index is 0.0313. The molecule has 0 saturated heterocycles. The van der Waals surface area contributed by atoms with Crippen LogP contribution in [0.15, 0.2) is 36.7 Å². The Kier molecular flexibility index (Phi) is 7.65. The van der Waals surface area contributed by atoms with E-state index in [4.69, 9.17) is 21.1 Å². The summed E-state index contributed by atoms with van der Waals surface area (Å²) in [5, 5.41) is 10.1. The molecule has 0 atom stereocenters. The van der Waals surface area contributed by atoms with Crippen LogP contribution >= 0.6 is 11.6 Å². The van der Waals surface area contributed by atoms with Crippen LogP contribution < -0.4 is 4.74 Å². The lowest BCUT2D eigenvalue weighted by molar-refractivity contribution is -0.140. The quantitative estimate of drug-likeness (QED) is 0.112. The zero-order valence-electron chi connectivity index (χ0n) is 22.3. The van der Waals surface area contributed by atoms with Gasteiger partial charge in [0.1, 0.15) is 25.2 Å². The molecular weight excluding hydrogens is 561 g/mol. The minimum atomic E-state index is -4.51. The second-order valence-electron chi connectivity index (χ2n) is 11.0. The maximum atomic E-state index is 13.3. The highest BCUT2D eigenvalue weighted by Crippen LogP contribution is 2.41. The highest BCUT2D eigenvalue weighted by atomic mass is 35.5. The molecule has 1 aliphatic rings. The van der Waals surface area contributed by atoms with Crippen molar-refractivity contribution in [2.45, 2.75) is 64.1 Å². The van der Waals surface area contributed by atoms with Gasteiger partial charge in [0.05, 0.1) is 10.9 Å². The predicted octanol–water partition coefficient (Wildman–Crippen LogP) is 7.06. The van der Waals surface area contributed by atoms with Gasteiger partial charge in [-0.15, -0.1) is 0 Å². The maximum Gasteiger partial charge on any atom is 0.434 e. The lowest BCUT2D eigenvalue weighted by atomic mass is 10.1. The van der Waals surface area contributed by atoms with Gasteiger partial charge < -0.3 is 18.6 Å². The van der Waals surface area contributed by atoms with Crippen LogP contribution in [0, 0.1) is 11.3 Å². The largest absolute Gasteiger partial charge is 0.472 e. The van der Waals surface area contributed by atoms with Gasteiger partial charge in [-0.2, -0.15) is 28.4 Å². The van der Waals surface area contributed by atoms with Crippen molar-refractivity contribution in [2.24, 2.45) is 0 Å². The molecule has 210 valence electrons. The number of fused-ring (bicyclic) bond motifs is 1. The molecule has 3 heterocycles. The number of nitriles is 1. The van der Waals surface area contributed by atoms with Crippen LogP contribution in [0.3, 0.4) is 0 Å². The number of hydrogen-bond acceptors (Lipinski definition) is 6. The highest BCUT2D eigenvalue weighted by Gasteiger charge is 2.37. The molecule has 13 heteroatoms. The van der Waals surface area contributed by atoms with Gasteiger partial charge in [0, 0.05) is 38.7 Å². The van der Waals surface area contributed by atoms with Crippen LogP contribution in [0.25, 0.3) is 22.4 Å². The molecule has 1 aliphatic carbocycles. The molecule has 0 amide bonds. The van der Waals surface area contributed by atoms with Gasteiger partial charge in [0.2, 0.25) is 11.2 Å². The third-order valence-corrected chi connectivity index (χ3v) is 8.43. The lowest BCUT2D eigenvalue weighted by Gasteiger charge is -2.15. The Balaban J connectivity index is 1.34. The summed E-state index contributed by atoms with van der Waals surface area (Å²) in [5.74, 6) is 0.453. The number of ether oxygens (including phenoxy) is 2. The Bertz CT molecular complexity index is 1570. The first kappa shape index (κ1) is 28.1. The fourth-order valence-corrected chi connectivity index (χ4v) is 5.15. The number of nitrogens with zero attached hydrogens (tertiary/aromatic N) is 6. The van der Waals surface area contributed by atoms with Crippen molar-refractivity contribution in [2.75, 3.05) is 6.61 Å². The fraction of sp³-hybridized carbons (Fsp3) is 0.407. The van der Waals surface area contributed by atoms with Crippen molar-refractivity contribution in [3.63, 3.8) is 0 Å². The Morgan fingerprint density at radius 1 is 1.10 bits per heavy atom. The second kappa shape index (κ2) is 10.9. The average molecular weight is 589 g/mol. The van der Waals surface area contributed by atoms with E-state index in [0.717, 1.165) is 30.6 Å². The van der Waals surface area contributed by atoms with Crippen LogP contribution in [-0.4, -0.2) is 38.8 Å². The molecular formula is C27H28ClF3N6O2Si. The van der Waals surface area contributed by atoms with E-state index >= 15 is 0 Å². The monoisotopic (exact) mass is 588 g/mol. The van der Waals surface area contributed by atoms with E-state index in [1.807, 2.05) is 0 Å². The molecule has 1 fully saturated rings. The maximum absolute atomic E-state index is 13.3. The molecule has 1 saturated carbocycles.